The van der Waals surface area contributed by atoms with Crippen LogP contribution in [0.4, 0.5) is 0 Å². The Kier molecular flexibility index (Phi) is 5.69. The molecule has 28 heavy (non-hydrogen) atoms. The number of aromatic nitrogens is 2. The van der Waals surface area contributed by atoms with E-state index >= 15 is 0 Å². The van der Waals surface area contributed by atoms with E-state index in [2.05, 4.69) is 10.3 Å². The number of hydrogen-bond donors (Lipinski definition) is 1. The summed E-state index contributed by atoms with van der Waals surface area (Å²) in [5.41, 5.74) is 3.02. The third-order valence-electron chi connectivity index (χ3n) is 4.10. The number of benzene rings is 2. The van der Waals surface area contributed by atoms with Crippen LogP contribution in [0.3, 0.4) is 0 Å². The number of amides is 2. The van der Waals surface area contributed by atoms with Gasteiger partial charge in [-0.3, -0.25) is 14.2 Å². The van der Waals surface area contributed by atoms with Crippen molar-refractivity contribution >= 4 is 28.8 Å². The van der Waals surface area contributed by atoms with Gasteiger partial charge in [0.05, 0.1) is 23.1 Å². The van der Waals surface area contributed by atoms with Gasteiger partial charge >= 0.3 is 5.97 Å². The zero-order valence-electron chi connectivity index (χ0n) is 15.6. The van der Waals surface area contributed by atoms with E-state index in [0.717, 1.165) is 16.7 Å². The molecule has 1 heterocycles. The van der Waals surface area contributed by atoms with Crippen molar-refractivity contribution < 1.29 is 19.1 Å². The van der Waals surface area contributed by atoms with Crippen LogP contribution in [-0.2, 0) is 14.3 Å². The summed E-state index contributed by atoms with van der Waals surface area (Å²) in [5, 5.41) is 2.40. The number of carbonyl (C=O) groups is 3. The number of imidazole rings is 1. The van der Waals surface area contributed by atoms with Gasteiger partial charge in [0.2, 0.25) is 5.91 Å². The van der Waals surface area contributed by atoms with Crippen molar-refractivity contribution in [1.29, 1.82) is 0 Å². The van der Waals surface area contributed by atoms with Crippen LogP contribution in [0, 0.1) is 0 Å². The first kappa shape index (κ1) is 19.1. The maximum absolute atomic E-state index is 12.1. The summed E-state index contributed by atoms with van der Waals surface area (Å²) < 4.78 is 6.90. The third kappa shape index (κ3) is 4.35. The predicted octanol–water partition coefficient (Wildman–Crippen LogP) is 1.39. The van der Waals surface area contributed by atoms with E-state index in [0.29, 0.717) is 5.56 Å². The monoisotopic (exact) mass is 380 g/mol. The average molecular weight is 380 g/mol. The van der Waals surface area contributed by atoms with Crippen molar-refractivity contribution in [3.05, 3.63) is 60.4 Å². The number of carbonyl (C=O) groups excluding carboxylic acids is 3. The van der Waals surface area contributed by atoms with Crippen LogP contribution in [0.15, 0.2) is 54.9 Å². The Balaban J connectivity index is 1.58. The lowest BCUT2D eigenvalue weighted by molar-refractivity contribution is -0.131. The van der Waals surface area contributed by atoms with E-state index in [1.54, 1.807) is 44.7 Å². The molecular formula is C20H20N4O4. The fourth-order valence-corrected chi connectivity index (χ4v) is 2.52. The fraction of sp³-hybridized carbons (Fsp3) is 0.200. The van der Waals surface area contributed by atoms with Gasteiger partial charge in [-0.1, -0.05) is 12.1 Å². The molecule has 0 spiro atoms. The first-order chi connectivity index (χ1) is 13.5. The summed E-state index contributed by atoms with van der Waals surface area (Å²) in [6.45, 7) is -0.593. The molecule has 0 atom stereocenters. The van der Waals surface area contributed by atoms with E-state index in [1.165, 1.54) is 4.90 Å². The molecule has 3 rings (SSSR count). The molecule has 3 aromatic rings. The van der Waals surface area contributed by atoms with Gasteiger partial charge in [0.1, 0.15) is 6.33 Å². The quantitative estimate of drug-likeness (QED) is 0.652. The van der Waals surface area contributed by atoms with Crippen LogP contribution in [0.1, 0.15) is 10.4 Å². The Labute approximate surface area is 161 Å². The largest absolute Gasteiger partial charge is 0.452 e. The lowest BCUT2D eigenvalue weighted by Gasteiger charge is -2.11. The highest BCUT2D eigenvalue weighted by atomic mass is 16.5. The minimum atomic E-state index is -0.615. The zero-order chi connectivity index (χ0) is 20.1. The van der Waals surface area contributed by atoms with Crippen LogP contribution >= 0.6 is 0 Å². The van der Waals surface area contributed by atoms with Gasteiger partial charge in [-0.25, -0.2) is 9.78 Å². The second-order valence-corrected chi connectivity index (χ2v) is 6.29. The lowest BCUT2D eigenvalue weighted by atomic mass is 10.2. The summed E-state index contributed by atoms with van der Waals surface area (Å²) >= 11 is 0. The minimum absolute atomic E-state index is 0.142. The van der Waals surface area contributed by atoms with Crippen molar-refractivity contribution in [2.45, 2.75) is 0 Å². The smallest absolute Gasteiger partial charge is 0.338 e. The molecule has 2 amide bonds. The third-order valence-corrected chi connectivity index (χ3v) is 4.10. The molecular weight excluding hydrogens is 360 g/mol. The topological polar surface area (TPSA) is 93.5 Å². The molecule has 8 nitrogen and oxygen atoms in total. The van der Waals surface area contributed by atoms with Gasteiger partial charge in [0.15, 0.2) is 6.61 Å². The van der Waals surface area contributed by atoms with Crippen molar-refractivity contribution in [3.63, 3.8) is 0 Å². The SMILES string of the molecule is CN(C)C(=O)CNC(=O)COC(=O)c1ccc(-n2cnc3ccccc32)cc1. The Bertz CT molecular complexity index is 1010. The maximum atomic E-state index is 12.1. The molecule has 0 unspecified atom stereocenters. The van der Waals surface area contributed by atoms with E-state index in [1.807, 2.05) is 28.8 Å². The van der Waals surface area contributed by atoms with E-state index in [-0.39, 0.29) is 12.5 Å². The number of para-hydroxylation sites is 2. The Morgan fingerprint density at radius 3 is 2.50 bits per heavy atom. The Morgan fingerprint density at radius 1 is 1.07 bits per heavy atom. The summed E-state index contributed by atoms with van der Waals surface area (Å²) in [6, 6.07) is 14.6. The summed E-state index contributed by atoms with van der Waals surface area (Å²) in [4.78, 5) is 40.9. The summed E-state index contributed by atoms with van der Waals surface area (Å²) in [5.74, 6) is -1.40. The number of nitrogens with one attached hydrogen (secondary N) is 1. The second kappa shape index (κ2) is 8.34. The molecule has 1 N–H and O–H groups in total. The maximum Gasteiger partial charge on any atom is 0.338 e. The van der Waals surface area contributed by atoms with E-state index < -0.39 is 18.5 Å². The van der Waals surface area contributed by atoms with Crippen LogP contribution < -0.4 is 5.32 Å². The molecule has 8 heteroatoms. The summed E-state index contributed by atoms with van der Waals surface area (Å²) in [7, 11) is 3.18. The molecule has 0 aliphatic rings. The summed E-state index contributed by atoms with van der Waals surface area (Å²) in [6.07, 6.45) is 1.72. The number of nitrogens with zero attached hydrogens (tertiary/aromatic N) is 3. The van der Waals surface area contributed by atoms with Gasteiger partial charge in [-0.05, 0) is 36.4 Å². The highest BCUT2D eigenvalue weighted by Gasteiger charge is 2.12. The van der Waals surface area contributed by atoms with Crippen molar-refractivity contribution in [3.8, 4) is 5.69 Å². The highest BCUT2D eigenvalue weighted by molar-refractivity contribution is 5.92. The number of ether oxygens (including phenoxy) is 1. The Hall–Kier alpha value is -3.68. The van der Waals surface area contributed by atoms with Crippen LogP contribution in [0.2, 0.25) is 0 Å². The molecule has 1 aromatic heterocycles. The molecule has 0 saturated heterocycles. The molecule has 0 saturated carbocycles. The molecule has 0 bridgehead atoms. The van der Waals surface area contributed by atoms with Gasteiger partial charge in [-0.2, -0.15) is 0 Å². The number of fused-ring (bicyclic) bond motifs is 1. The molecule has 0 fully saturated rings. The minimum Gasteiger partial charge on any atom is -0.452 e. The zero-order valence-corrected chi connectivity index (χ0v) is 15.6. The average Bonchev–Trinajstić information content (AvgIpc) is 3.14. The van der Waals surface area contributed by atoms with Gasteiger partial charge in [0.25, 0.3) is 5.91 Å². The van der Waals surface area contributed by atoms with Crippen molar-refractivity contribution in [1.82, 2.24) is 19.8 Å². The van der Waals surface area contributed by atoms with Crippen LogP contribution in [-0.4, -0.2) is 59.5 Å². The predicted molar refractivity (Wildman–Crippen MR) is 103 cm³/mol. The fourth-order valence-electron chi connectivity index (χ4n) is 2.52. The van der Waals surface area contributed by atoms with Crippen LogP contribution in [0.5, 0.6) is 0 Å². The highest BCUT2D eigenvalue weighted by Crippen LogP contribution is 2.18. The van der Waals surface area contributed by atoms with Gasteiger partial charge in [0, 0.05) is 19.8 Å². The second-order valence-electron chi connectivity index (χ2n) is 6.29. The van der Waals surface area contributed by atoms with Crippen LogP contribution in [0.25, 0.3) is 16.7 Å². The molecule has 0 radical (unpaired) electrons. The molecule has 0 aliphatic carbocycles. The first-order valence-electron chi connectivity index (χ1n) is 8.62. The molecule has 144 valence electrons. The number of rotatable bonds is 6. The van der Waals surface area contributed by atoms with Gasteiger partial charge in [-0.15, -0.1) is 0 Å². The standard InChI is InChI=1S/C20H20N4O4/c1-23(2)19(26)11-21-18(25)12-28-20(27)14-7-9-15(10-8-14)24-13-22-16-5-3-4-6-17(16)24/h3-10,13H,11-12H2,1-2H3,(H,21,25). The van der Waals surface area contributed by atoms with E-state index in [4.69, 9.17) is 4.74 Å². The molecule has 0 aliphatic heterocycles. The number of hydrogen-bond acceptors (Lipinski definition) is 5. The molecule has 2 aromatic carbocycles. The van der Waals surface area contributed by atoms with Crippen molar-refractivity contribution in [2.24, 2.45) is 0 Å². The van der Waals surface area contributed by atoms with Gasteiger partial charge < -0.3 is 15.0 Å². The first-order valence-corrected chi connectivity index (χ1v) is 8.62. The Morgan fingerprint density at radius 2 is 1.79 bits per heavy atom. The lowest BCUT2D eigenvalue weighted by Crippen LogP contribution is -2.38. The number of esters is 1. The number of likely N-dealkylation sites (N-methyl/N-ethyl adjacent to an activating group) is 1. The van der Waals surface area contributed by atoms with E-state index in [9.17, 15) is 14.4 Å². The normalized spacial score (nSPS) is 10.5. The van der Waals surface area contributed by atoms with Crippen molar-refractivity contribution in [2.75, 3.05) is 27.2 Å².